The summed E-state index contributed by atoms with van der Waals surface area (Å²) in [6.45, 7) is 2.02. The first-order valence-electron chi connectivity index (χ1n) is 6.83. The molecule has 0 fully saturated rings. The molecule has 20 heavy (non-hydrogen) atoms. The van der Waals surface area contributed by atoms with Crippen molar-refractivity contribution in [2.75, 3.05) is 19.1 Å². The molecule has 0 aliphatic carbocycles. The summed E-state index contributed by atoms with van der Waals surface area (Å²) in [4.78, 5) is 2.12. The van der Waals surface area contributed by atoms with Crippen LogP contribution in [0, 0.1) is 0 Å². The number of nitrogens with two attached hydrogens (primary N) is 1. The lowest BCUT2D eigenvalue weighted by Crippen LogP contribution is -2.17. The first kappa shape index (κ1) is 14.4. The average molecular weight is 270 g/mol. The van der Waals surface area contributed by atoms with E-state index in [1.54, 1.807) is 7.11 Å². The number of ether oxygens (including phenoxy) is 1. The van der Waals surface area contributed by atoms with Gasteiger partial charge in [-0.1, -0.05) is 24.3 Å². The van der Waals surface area contributed by atoms with Crippen LogP contribution in [0.4, 0.5) is 11.4 Å². The summed E-state index contributed by atoms with van der Waals surface area (Å²) in [5.74, 6) is 0.870. The largest absolute Gasteiger partial charge is 0.495 e. The number of nitrogens with zero attached hydrogens (tertiary/aromatic N) is 1. The lowest BCUT2D eigenvalue weighted by molar-refractivity contribution is 0.415. The topological polar surface area (TPSA) is 38.5 Å². The molecule has 0 amide bonds. The number of hydrogen-bond acceptors (Lipinski definition) is 3. The van der Waals surface area contributed by atoms with Crippen LogP contribution < -0.4 is 15.4 Å². The second-order valence-corrected chi connectivity index (χ2v) is 5.08. The molecular weight excluding hydrogens is 248 g/mol. The van der Waals surface area contributed by atoms with Gasteiger partial charge in [-0.2, -0.15) is 0 Å². The highest BCUT2D eigenvalue weighted by Gasteiger charge is 2.09. The summed E-state index contributed by atoms with van der Waals surface area (Å²) in [6.07, 6.45) is 0.901. The molecule has 2 aromatic rings. The molecule has 2 rings (SSSR count). The summed E-state index contributed by atoms with van der Waals surface area (Å²) < 4.78 is 5.41. The summed E-state index contributed by atoms with van der Waals surface area (Å²) in [6, 6.07) is 16.7. The van der Waals surface area contributed by atoms with E-state index in [4.69, 9.17) is 10.5 Å². The van der Waals surface area contributed by atoms with E-state index in [0.717, 1.165) is 23.5 Å². The normalized spacial score (nSPS) is 12.0. The minimum Gasteiger partial charge on any atom is -0.495 e. The summed E-state index contributed by atoms with van der Waals surface area (Å²) >= 11 is 0. The Kier molecular flexibility index (Phi) is 4.64. The molecule has 0 bridgehead atoms. The minimum absolute atomic E-state index is 0.188. The number of anilines is 2. The second-order valence-electron chi connectivity index (χ2n) is 5.08. The fourth-order valence-electron chi connectivity index (χ4n) is 2.27. The van der Waals surface area contributed by atoms with Crippen molar-refractivity contribution in [3.05, 3.63) is 54.1 Å². The standard InChI is InChI=1S/C17H22N2O/c1-13(18)12-14-8-10-15(11-9-14)19(2)16-6-4-5-7-17(16)20-3/h4-11,13H,12,18H2,1-3H3. The Morgan fingerprint density at radius 2 is 1.75 bits per heavy atom. The third kappa shape index (κ3) is 3.31. The monoisotopic (exact) mass is 270 g/mol. The Bertz CT molecular complexity index is 549. The SMILES string of the molecule is COc1ccccc1N(C)c1ccc(CC(C)N)cc1. The van der Waals surface area contributed by atoms with E-state index in [1.807, 2.05) is 32.2 Å². The zero-order valence-electron chi connectivity index (χ0n) is 12.3. The predicted octanol–water partition coefficient (Wildman–Crippen LogP) is 3.35. The molecular formula is C17H22N2O. The number of hydrogen-bond donors (Lipinski definition) is 1. The molecule has 1 atom stereocenters. The molecule has 0 saturated carbocycles. The first-order valence-corrected chi connectivity index (χ1v) is 6.83. The van der Waals surface area contributed by atoms with Crippen molar-refractivity contribution in [3.63, 3.8) is 0 Å². The molecule has 3 heteroatoms. The molecule has 0 heterocycles. The van der Waals surface area contributed by atoms with Crippen LogP contribution in [0.3, 0.4) is 0 Å². The lowest BCUT2D eigenvalue weighted by atomic mass is 10.1. The molecule has 0 saturated heterocycles. The fourth-order valence-corrected chi connectivity index (χ4v) is 2.27. The number of para-hydroxylation sites is 2. The van der Waals surface area contributed by atoms with E-state index in [-0.39, 0.29) is 6.04 Å². The van der Waals surface area contributed by atoms with E-state index in [1.165, 1.54) is 5.56 Å². The Hall–Kier alpha value is -2.00. The first-order chi connectivity index (χ1) is 9.61. The van der Waals surface area contributed by atoms with Crippen molar-refractivity contribution in [1.29, 1.82) is 0 Å². The molecule has 0 aliphatic rings. The maximum absolute atomic E-state index is 5.82. The molecule has 0 aliphatic heterocycles. The molecule has 0 spiro atoms. The zero-order valence-corrected chi connectivity index (χ0v) is 12.3. The van der Waals surface area contributed by atoms with Crippen LogP contribution in [0.5, 0.6) is 5.75 Å². The van der Waals surface area contributed by atoms with E-state index in [0.29, 0.717) is 0 Å². The zero-order chi connectivity index (χ0) is 14.5. The smallest absolute Gasteiger partial charge is 0.142 e. The van der Waals surface area contributed by atoms with Gasteiger partial charge in [0, 0.05) is 18.8 Å². The summed E-state index contributed by atoms with van der Waals surface area (Å²) in [5, 5.41) is 0. The van der Waals surface area contributed by atoms with Crippen LogP contribution in [0.25, 0.3) is 0 Å². The molecule has 0 radical (unpaired) electrons. The van der Waals surface area contributed by atoms with Crippen molar-refractivity contribution in [2.45, 2.75) is 19.4 Å². The highest BCUT2D eigenvalue weighted by molar-refractivity contribution is 5.68. The van der Waals surface area contributed by atoms with Gasteiger partial charge in [-0.15, -0.1) is 0 Å². The minimum atomic E-state index is 0.188. The summed E-state index contributed by atoms with van der Waals surface area (Å²) in [7, 11) is 3.73. The third-order valence-corrected chi connectivity index (χ3v) is 3.33. The van der Waals surface area contributed by atoms with E-state index >= 15 is 0 Å². The number of methoxy groups -OCH3 is 1. The van der Waals surface area contributed by atoms with E-state index in [9.17, 15) is 0 Å². The quantitative estimate of drug-likeness (QED) is 0.905. The van der Waals surface area contributed by atoms with Crippen molar-refractivity contribution in [3.8, 4) is 5.75 Å². The highest BCUT2D eigenvalue weighted by atomic mass is 16.5. The fraction of sp³-hybridized carbons (Fsp3) is 0.294. The van der Waals surface area contributed by atoms with Crippen LogP contribution in [0.1, 0.15) is 12.5 Å². The van der Waals surface area contributed by atoms with Crippen LogP contribution in [-0.2, 0) is 6.42 Å². The molecule has 0 aromatic heterocycles. The molecule has 2 N–H and O–H groups in total. The molecule has 3 nitrogen and oxygen atoms in total. The van der Waals surface area contributed by atoms with Crippen molar-refractivity contribution >= 4 is 11.4 Å². The van der Waals surface area contributed by atoms with Gasteiger partial charge < -0.3 is 15.4 Å². The number of benzene rings is 2. The molecule has 1 unspecified atom stereocenters. The third-order valence-electron chi connectivity index (χ3n) is 3.33. The van der Waals surface area contributed by atoms with Crippen LogP contribution in [-0.4, -0.2) is 20.2 Å². The highest BCUT2D eigenvalue weighted by Crippen LogP contribution is 2.32. The van der Waals surface area contributed by atoms with Gasteiger partial charge in [0.2, 0.25) is 0 Å². The molecule has 2 aromatic carbocycles. The Morgan fingerprint density at radius 1 is 1.10 bits per heavy atom. The van der Waals surface area contributed by atoms with Crippen LogP contribution in [0.2, 0.25) is 0 Å². The van der Waals surface area contributed by atoms with Crippen molar-refractivity contribution in [2.24, 2.45) is 5.73 Å². The Balaban J connectivity index is 2.22. The average Bonchev–Trinajstić information content (AvgIpc) is 2.46. The van der Waals surface area contributed by atoms with E-state index < -0.39 is 0 Å². The summed E-state index contributed by atoms with van der Waals surface area (Å²) in [5.41, 5.74) is 9.26. The van der Waals surface area contributed by atoms with Gasteiger partial charge >= 0.3 is 0 Å². The van der Waals surface area contributed by atoms with Crippen LogP contribution >= 0.6 is 0 Å². The van der Waals surface area contributed by atoms with Gasteiger partial charge in [0.15, 0.2) is 0 Å². The lowest BCUT2D eigenvalue weighted by Gasteiger charge is -2.22. The predicted molar refractivity (Wildman–Crippen MR) is 84.9 cm³/mol. The van der Waals surface area contributed by atoms with Gasteiger partial charge in [0.05, 0.1) is 12.8 Å². The van der Waals surface area contributed by atoms with Gasteiger partial charge in [-0.25, -0.2) is 0 Å². The van der Waals surface area contributed by atoms with Crippen molar-refractivity contribution in [1.82, 2.24) is 0 Å². The van der Waals surface area contributed by atoms with Crippen LogP contribution in [0.15, 0.2) is 48.5 Å². The van der Waals surface area contributed by atoms with Gasteiger partial charge in [-0.05, 0) is 43.2 Å². The second kappa shape index (κ2) is 6.44. The van der Waals surface area contributed by atoms with E-state index in [2.05, 4.69) is 35.2 Å². The van der Waals surface area contributed by atoms with Crippen molar-refractivity contribution < 1.29 is 4.74 Å². The Morgan fingerprint density at radius 3 is 2.35 bits per heavy atom. The Labute approximate surface area is 121 Å². The number of rotatable bonds is 5. The van der Waals surface area contributed by atoms with Gasteiger partial charge in [0.25, 0.3) is 0 Å². The maximum atomic E-state index is 5.82. The van der Waals surface area contributed by atoms with Gasteiger partial charge in [-0.3, -0.25) is 0 Å². The maximum Gasteiger partial charge on any atom is 0.142 e. The molecule has 106 valence electrons. The van der Waals surface area contributed by atoms with Gasteiger partial charge in [0.1, 0.15) is 5.75 Å².